The molecule has 4 saturated heterocycles. The summed E-state index contributed by atoms with van der Waals surface area (Å²) in [6, 6.07) is 19.5. The number of nitrogens with zero attached hydrogens (tertiary/aromatic N) is 6. The number of fused-ring (bicyclic) bond motifs is 1. The maximum absolute atomic E-state index is 14.0. The quantitative estimate of drug-likeness (QED) is 0.0700. The summed E-state index contributed by atoms with van der Waals surface area (Å²) in [4.78, 5) is 41.7. The van der Waals surface area contributed by atoms with E-state index in [1.807, 2.05) is 6.07 Å². The first-order valence-corrected chi connectivity index (χ1v) is 28.2. The predicted molar refractivity (Wildman–Crippen MR) is 270 cm³/mol. The number of ether oxygens (including phenoxy) is 2. The largest absolute Gasteiger partial charge is 0.455 e. The Hall–Kier alpha value is -5.63. The van der Waals surface area contributed by atoms with Gasteiger partial charge in [-0.3, -0.25) is 19.8 Å². The average Bonchev–Trinajstić information content (AvgIpc) is 4.03. The van der Waals surface area contributed by atoms with Crippen molar-refractivity contribution in [1.82, 2.24) is 24.6 Å². The molecule has 372 valence electrons. The Kier molecular flexibility index (Phi) is 13.6. The lowest BCUT2D eigenvalue weighted by molar-refractivity contribution is -0.384. The standard InChI is InChI=1S/C51H63N9O8S2/c1-34(2)42-9-4-5-10-43(42)45-11-8-20-59(45)38-28-51(29-38)17-21-58(22-18-51)37-13-15-44(47(26-37)68-40-25-35-16-19-52-48(35)53-31-40)50(61)57-70(65,66)41-27-46(60(62)63)49(55-32-41)54-30-39-14-12-36(33-67-39)56-69(64)23-6-3-7-24-69/h4-5,9-10,13,15-16,19,25-27,31-32,34,36,38-39,45H,3,6-8,11-12,14,17-18,20-24,28-30,33H2,1-2H3,(H,52,53)(H,54,55)(H,57,61)/t36?,39?,45-/m1/s1. The Morgan fingerprint density at radius 3 is 2.56 bits per heavy atom. The van der Waals surface area contributed by atoms with Gasteiger partial charge in [-0.1, -0.05) is 44.5 Å². The number of hydrogen-bond acceptors (Lipinski definition) is 14. The molecule has 1 spiro atoms. The molecule has 10 rings (SSSR count). The first-order chi connectivity index (χ1) is 33.7. The highest BCUT2D eigenvalue weighted by Crippen LogP contribution is 2.54. The van der Waals surface area contributed by atoms with E-state index in [-0.39, 0.29) is 41.2 Å². The van der Waals surface area contributed by atoms with Crippen LogP contribution in [0.15, 0.2) is 88.5 Å². The number of pyridine rings is 2. The SMILES string of the molecule is CC(C)c1ccccc1[C@H]1CCCN1C1CC2(CCN(c3ccc(C(=O)NS(=O)(=O)c4cnc(NCC5CCC(N=S6(=O)CCCCC6)CO5)c([N+](=O)[O-])c4)c(Oc4cnc5[nH]ccc5c4)c3)CC2)C1. The Morgan fingerprint density at radius 2 is 1.80 bits per heavy atom. The molecule has 3 aromatic heterocycles. The minimum atomic E-state index is -4.67. The molecule has 1 amide bonds. The van der Waals surface area contributed by atoms with E-state index in [1.54, 1.807) is 30.5 Å². The number of rotatable bonds is 14. The van der Waals surface area contributed by atoms with Crippen molar-refractivity contribution >= 4 is 53.9 Å². The predicted octanol–water partition coefficient (Wildman–Crippen LogP) is 9.10. The molecule has 1 aliphatic carbocycles. The molecule has 1 saturated carbocycles. The number of hydrogen-bond donors (Lipinski definition) is 3. The monoisotopic (exact) mass is 993 g/mol. The van der Waals surface area contributed by atoms with E-state index in [9.17, 15) is 27.5 Å². The number of piperidine rings is 1. The lowest BCUT2D eigenvalue weighted by Crippen LogP contribution is -2.54. The molecule has 2 aromatic carbocycles. The summed E-state index contributed by atoms with van der Waals surface area (Å²) >= 11 is 0. The summed E-state index contributed by atoms with van der Waals surface area (Å²) in [6.45, 7) is 7.85. The second-order valence-electron chi connectivity index (χ2n) is 20.2. The van der Waals surface area contributed by atoms with E-state index in [0.29, 0.717) is 60.4 Å². The molecule has 3 N–H and O–H groups in total. The van der Waals surface area contributed by atoms with Crippen molar-refractivity contribution in [3.8, 4) is 11.5 Å². The molecule has 5 fully saturated rings. The van der Waals surface area contributed by atoms with E-state index in [4.69, 9.17) is 9.47 Å². The number of carbonyl (C=O) groups is 1. The zero-order valence-electron chi connectivity index (χ0n) is 39.9. The maximum Gasteiger partial charge on any atom is 0.312 e. The first-order valence-electron chi connectivity index (χ1n) is 24.9. The molecule has 3 atom stereocenters. The van der Waals surface area contributed by atoms with Gasteiger partial charge in [0.2, 0.25) is 5.82 Å². The fourth-order valence-corrected chi connectivity index (χ4v) is 14.8. The molecular formula is C51H63N9O8S2. The van der Waals surface area contributed by atoms with Crippen molar-refractivity contribution in [3.05, 3.63) is 106 Å². The van der Waals surface area contributed by atoms with Crippen LogP contribution in [0.5, 0.6) is 11.5 Å². The Bertz CT molecular complexity index is 2970. The first kappa shape index (κ1) is 48.0. The number of sulfonamides is 1. The number of anilines is 2. The Morgan fingerprint density at radius 1 is 1.00 bits per heavy atom. The van der Waals surface area contributed by atoms with Gasteiger partial charge in [-0.25, -0.2) is 31.7 Å². The molecule has 0 bridgehead atoms. The average molecular weight is 994 g/mol. The third kappa shape index (κ3) is 10.3. The molecule has 17 nitrogen and oxygen atoms in total. The molecule has 70 heavy (non-hydrogen) atoms. The summed E-state index contributed by atoms with van der Waals surface area (Å²) in [5.41, 5.74) is 4.11. The Labute approximate surface area is 409 Å². The van der Waals surface area contributed by atoms with Crippen LogP contribution in [0.1, 0.15) is 118 Å². The van der Waals surface area contributed by atoms with Crippen LogP contribution in [-0.2, 0) is 24.5 Å². The van der Waals surface area contributed by atoms with E-state index >= 15 is 0 Å². The van der Waals surface area contributed by atoms with Gasteiger partial charge in [0, 0.05) is 82.4 Å². The Balaban J connectivity index is 0.807. The number of nitrogens with one attached hydrogen (secondary N) is 3. The van der Waals surface area contributed by atoms with Crippen molar-refractivity contribution in [2.24, 2.45) is 9.78 Å². The van der Waals surface area contributed by atoms with Gasteiger partial charge in [0.1, 0.15) is 22.0 Å². The summed E-state index contributed by atoms with van der Waals surface area (Å²) in [5, 5.41) is 16.0. The number of nitro groups is 1. The second-order valence-corrected chi connectivity index (χ2v) is 24.5. The highest BCUT2D eigenvalue weighted by molar-refractivity contribution is 7.93. The number of amides is 1. The minimum Gasteiger partial charge on any atom is -0.455 e. The number of aromatic nitrogens is 3. The fraction of sp³-hybridized carbons (Fsp3) is 0.510. The zero-order chi connectivity index (χ0) is 48.6. The topological polar surface area (TPSA) is 214 Å². The van der Waals surface area contributed by atoms with Gasteiger partial charge < -0.3 is 24.7 Å². The van der Waals surface area contributed by atoms with Crippen molar-refractivity contribution < 1.29 is 31.8 Å². The number of carbonyl (C=O) groups excluding carboxylic acids is 1. The van der Waals surface area contributed by atoms with Gasteiger partial charge in [0.25, 0.3) is 15.9 Å². The summed E-state index contributed by atoms with van der Waals surface area (Å²) in [6.07, 6.45) is 15.0. The lowest BCUT2D eigenvalue weighted by atomic mass is 9.59. The van der Waals surface area contributed by atoms with E-state index in [0.717, 1.165) is 75.1 Å². The van der Waals surface area contributed by atoms with Gasteiger partial charge in [0.15, 0.2) is 0 Å². The van der Waals surface area contributed by atoms with Gasteiger partial charge in [-0.05, 0) is 117 Å². The van der Waals surface area contributed by atoms with Gasteiger partial charge in [0.05, 0.1) is 41.6 Å². The molecule has 19 heteroatoms. The number of aromatic amines is 1. The molecule has 5 aromatic rings. The summed E-state index contributed by atoms with van der Waals surface area (Å²) < 4.78 is 59.8. The summed E-state index contributed by atoms with van der Waals surface area (Å²) in [7, 11) is -6.87. The highest BCUT2D eigenvalue weighted by atomic mass is 32.2. The molecule has 4 aliphatic heterocycles. The van der Waals surface area contributed by atoms with Crippen molar-refractivity contribution in [2.75, 3.05) is 54.5 Å². The van der Waals surface area contributed by atoms with Crippen LogP contribution < -0.4 is 19.7 Å². The van der Waals surface area contributed by atoms with Crippen molar-refractivity contribution in [2.45, 2.75) is 120 Å². The fourth-order valence-electron chi connectivity index (χ4n) is 11.5. The van der Waals surface area contributed by atoms with Crippen LogP contribution in [0.4, 0.5) is 17.2 Å². The van der Waals surface area contributed by atoms with Crippen LogP contribution in [0.25, 0.3) is 11.0 Å². The van der Waals surface area contributed by atoms with Crippen LogP contribution in [-0.4, -0.2) is 106 Å². The van der Waals surface area contributed by atoms with Gasteiger partial charge in [-0.2, -0.15) is 0 Å². The third-order valence-electron chi connectivity index (χ3n) is 15.3. The maximum atomic E-state index is 14.0. The number of likely N-dealkylation sites (tertiary alicyclic amines) is 1. The van der Waals surface area contributed by atoms with Crippen LogP contribution in [0.2, 0.25) is 0 Å². The van der Waals surface area contributed by atoms with Crippen LogP contribution in [0, 0.1) is 15.5 Å². The lowest BCUT2D eigenvalue weighted by Gasteiger charge is -2.56. The van der Waals surface area contributed by atoms with Gasteiger partial charge in [-0.15, -0.1) is 0 Å². The smallest absolute Gasteiger partial charge is 0.312 e. The van der Waals surface area contributed by atoms with E-state index in [2.05, 4.69) is 77.3 Å². The van der Waals surface area contributed by atoms with E-state index in [1.165, 1.54) is 43.0 Å². The molecule has 5 aliphatic rings. The minimum absolute atomic E-state index is 0.0511. The molecule has 7 heterocycles. The highest BCUT2D eigenvalue weighted by Gasteiger charge is 2.50. The van der Waals surface area contributed by atoms with Crippen LogP contribution >= 0.6 is 0 Å². The summed E-state index contributed by atoms with van der Waals surface area (Å²) in [5.74, 6) is 1.10. The molecule has 0 radical (unpaired) electrons. The van der Waals surface area contributed by atoms with Crippen molar-refractivity contribution in [3.63, 3.8) is 0 Å². The van der Waals surface area contributed by atoms with Crippen LogP contribution in [0.3, 0.4) is 0 Å². The number of H-pyrrole nitrogens is 1. The van der Waals surface area contributed by atoms with E-state index < -0.39 is 41.2 Å². The second kappa shape index (κ2) is 19.9. The number of benzene rings is 2. The van der Waals surface area contributed by atoms with Crippen molar-refractivity contribution in [1.29, 1.82) is 0 Å². The third-order valence-corrected chi connectivity index (χ3v) is 19.1. The molecule has 2 unspecified atom stereocenters. The normalized spacial score (nSPS) is 22.7. The van der Waals surface area contributed by atoms with Gasteiger partial charge >= 0.3 is 5.69 Å². The zero-order valence-corrected chi connectivity index (χ0v) is 41.5. The molecular weight excluding hydrogens is 931 g/mol.